The van der Waals surface area contributed by atoms with Crippen LogP contribution in [0.4, 0.5) is 0 Å². The Morgan fingerprint density at radius 1 is 1.26 bits per heavy atom. The van der Waals surface area contributed by atoms with Gasteiger partial charge < -0.3 is 10.1 Å². The Bertz CT molecular complexity index is 421. The molecule has 1 fully saturated rings. The van der Waals surface area contributed by atoms with Gasteiger partial charge in [0.15, 0.2) is 0 Å². The molecule has 1 aromatic rings. The molecule has 1 heterocycles. The van der Waals surface area contributed by atoms with Gasteiger partial charge in [0.1, 0.15) is 0 Å². The summed E-state index contributed by atoms with van der Waals surface area (Å²) in [6.07, 6.45) is 4.68. The van der Waals surface area contributed by atoms with E-state index in [0.717, 1.165) is 19.4 Å². The Hall–Kier alpha value is -0.860. The quantitative estimate of drug-likeness (QED) is 0.897. The zero-order chi connectivity index (χ0) is 13.9. The highest BCUT2D eigenvalue weighted by Crippen LogP contribution is 2.29. The number of aryl methyl sites for hydroxylation is 2. The third-order valence-corrected chi connectivity index (χ3v) is 4.60. The van der Waals surface area contributed by atoms with Crippen molar-refractivity contribution < 1.29 is 4.74 Å². The van der Waals surface area contributed by atoms with Crippen molar-refractivity contribution in [2.45, 2.75) is 58.1 Å². The predicted molar refractivity (Wildman–Crippen MR) is 80.7 cm³/mol. The van der Waals surface area contributed by atoms with E-state index < -0.39 is 0 Å². The van der Waals surface area contributed by atoms with Gasteiger partial charge in [-0.3, -0.25) is 0 Å². The van der Waals surface area contributed by atoms with Crippen LogP contribution >= 0.6 is 0 Å². The molecule has 0 spiro atoms. The van der Waals surface area contributed by atoms with Gasteiger partial charge in [-0.05, 0) is 70.2 Å². The summed E-state index contributed by atoms with van der Waals surface area (Å²) in [6.45, 7) is 7.52. The lowest BCUT2D eigenvalue weighted by Gasteiger charge is -2.40. The van der Waals surface area contributed by atoms with Crippen LogP contribution in [-0.4, -0.2) is 25.3 Å². The minimum absolute atomic E-state index is 0.0220. The van der Waals surface area contributed by atoms with Gasteiger partial charge in [0.2, 0.25) is 0 Å². The maximum absolute atomic E-state index is 6.08. The Morgan fingerprint density at radius 3 is 2.63 bits per heavy atom. The van der Waals surface area contributed by atoms with Gasteiger partial charge in [0, 0.05) is 12.6 Å². The molecule has 1 aliphatic heterocycles. The molecule has 0 aromatic heterocycles. The van der Waals surface area contributed by atoms with E-state index >= 15 is 0 Å². The molecular weight excluding hydrogens is 234 g/mol. The normalized spacial score (nSPS) is 25.3. The first-order valence-corrected chi connectivity index (χ1v) is 7.42. The average Bonchev–Trinajstić information content (AvgIpc) is 2.40. The molecule has 19 heavy (non-hydrogen) atoms. The Morgan fingerprint density at radius 2 is 2.05 bits per heavy atom. The molecule has 0 amide bonds. The number of likely N-dealkylation sites (N-methyl/N-ethyl adjacent to an activating group) is 1. The topological polar surface area (TPSA) is 21.3 Å². The van der Waals surface area contributed by atoms with Crippen LogP contribution in [0.25, 0.3) is 0 Å². The zero-order valence-electron chi connectivity index (χ0n) is 12.8. The molecule has 1 saturated heterocycles. The Balaban J connectivity index is 2.11. The molecule has 0 bridgehead atoms. The first kappa shape index (κ1) is 14.5. The molecule has 1 aromatic carbocycles. The molecule has 2 rings (SSSR count). The van der Waals surface area contributed by atoms with Gasteiger partial charge in [-0.1, -0.05) is 18.2 Å². The third kappa shape index (κ3) is 3.37. The summed E-state index contributed by atoms with van der Waals surface area (Å²) in [4.78, 5) is 0. The zero-order valence-corrected chi connectivity index (χ0v) is 12.8. The lowest BCUT2D eigenvalue weighted by molar-refractivity contribution is -0.0870. The summed E-state index contributed by atoms with van der Waals surface area (Å²) in [5.74, 6) is 0. The number of rotatable bonds is 4. The average molecular weight is 261 g/mol. The first-order valence-electron chi connectivity index (χ1n) is 7.42. The van der Waals surface area contributed by atoms with Crippen LogP contribution in [0.15, 0.2) is 18.2 Å². The van der Waals surface area contributed by atoms with Crippen molar-refractivity contribution in [2.24, 2.45) is 0 Å². The third-order valence-electron chi connectivity index (χ3n) is 4.60. The van der Waals surface area contributed by atoms with Crippen molar-refractivity contribution in [3.63, 3.8) is 0 Å². The van der Waals surface area contributed by atoms with Crippen LogP contribution < -0.4 is 5.32 Å². The van der Waals surface area contributed by atoms with E-state index in [1.54, 1.807) is 0 Å². The maximum atomic E-state index is 6.08. The second-order valence-corrected chi connectivity index (χ2v) is 6.08. The molecule has 2 unspecified atom stereocenters. The van der Waals surface area contributed by atoms with E-state index in [4.69, 9.17) is 4.74 Å². The first-order chi connectivity index (χ1) is 9.05. The summed E-state index contributed by atoms with van der Waals surface area (Å²) in [5, 5.41) is 3.47. The highest BCUT2D eigenvalue weighted by molar-refractivity contribution is 5.30. The van der Waals surface area contributed by atoms with Crippen molar-refractivity contribution in [3.8, 4) is 0 Å². The van der Waals surface area contributed by atoms with E-state index in [2.05, 4.69) is 51.3 Å². The van der Waals surface area contributed by atoms with Crippen LogP contribution in [0.2, 0.25) is 0 Å². The van der Waals surface area contributed by atoms with E-state index in [1.807, 2.05) is 0 Å². The molecule has 1 N–H and O–H groups in total. The monoisotopic (exact) mass is 261 g/mol. The Labute approximate surface area is 117 Å². The van der Waals surface area contributed by atoms with E-state index in [0.29, 0.717) is 6.04 Å². The summed E-state index contributed by atoms with van der Waals surface area (Å²) < 4.78 is 6.08. The molecule has 0 radical (unpaired) electrons. The minimum atomic E-state index is -0.0220. The maximum Gasteiger partial charge on any atom is 0.0809 e. The smallest absolute Gasteiger partial charge is 0.0809 e. The summed E-state index contributed by atoms with van der Waals surface area (Å²) in [7, 11) is 2.05. The van der Waals surface area contributed by atoms with Crippen molar-refractivity contribution in [1.82, 2.24) is 5.32 Å². The van der Waals surface area contributed by atoms with Crippen LogP contribution in [0.1, 0.15) is 42.9 Å². The molecule has 2 heteroatoms. The molecule has 106 valence electrons. The molecule has 0 aliphatic carbocycles. The molecule has 1 aliphatic rings. The van der Waals surface area contributed by atoms with Gasteiger partial charge in [-0.25, -0.2) is 0 Å². The standard InChI is InChI=1S/C17H27NO/c1-13-7-8-15(11-14(13)2)12-16(18-4)17(3)9-5-6-10-19-17/h7-8,11,16,18H,5-6,9-10,12H2,1-4H3. The molecule has 0 saturated carbocycles. The van der Waals surface area contributed by atoms with Gasteiger partial charge in [0.05, 0.1) is 5.60 Å². The number of hydrogen-bond donors (Lipinski definition) is 1. The van der Waals surface area contributed by atoms with Gasteiger partial charge in [0.25, 0.3) is 0 Å². The fourth-order valence-electron chi connectivity index (χ4n) is 3.02. The predicted octanol–water partition coefficient (Wildman–Crippen LogP) is 3.39. The van der Waals surface area contributed by atoms with E-state index in [1.165, 1.54) is 29.5 Å². The van der Waals surface area contributed by atoms with E-state index in [9.17, 15) is 0 Å². The van der Waals surface area contributed by atoms with Gasteiger partial charge in [-0.15, -0.1) is 0 Å². The second kappa shape index (κ2) is 6.06. The highest BCUT2D eigenvalue weighted by atomic mass is 16.5. The summed E-state index contributed by atoms with van der Waals surface area (Å²) in [6, 6.07) is 7.17. The SMILES string of the molecule is CNC(Cc1ccc(C)c(C)c1)C1(C)CCCCO1. The lowest BCUT2D eigenvalue weighted by atomic mass is 9.84. The van der Waals surface area contributed by atoms with Crippen LogP contribution in [-0.2, 0) is 11.2 Å². The van der Waals surface area contributed by atoms with Crippen LogP contribution in [0.5, 0.6) is 0 Å². The number of nitrogens with one attached hydrogen (secondary N) is 1. The van der Waals surface area contributed by atoms with Crippen molar-refractivity contribution >= 4 is 0 Å². The van der Waals surface area contributed by atoms with E-state index in [-0.39, 0.29) is 5.60 Å². The lowest BCUT2D eigenvalue weighted by Crippen LogP contribution is -2.52. The second-order valence-electron chi connectivity index (χ2n) is 6.08. The largest absolute Gasteiger partial charge is 0.374 e. The summed E-state index contributed by atoms with van der Waals surface area (Å²) >= 11 is 0. The summed E-state index contributed by atoms with van der Waals surface area (Å²) in [5.41, 5.74) is 4.12. The fourth-order valence-corrected chi connectivity index (χ4v) is 3.02. The van der Waals surface area contributed by atoms with Gasteiger partial charge >= 0.3 is 0 Å². The van der Waals surface area contributed by atoms with Crippen molar-refractivity contribution in [1.29, 1.82) is 0 Å². The fraction of sp³-hybridized carbons (Fsp3) is 0.647. The molecular formula is C17H27NO. The van der Waals surface area contributed by atoms with Crippen molar-refractivity contribution in [3.05, 3.63) is 34.9 Å². The van der Waals surface area contributed by atoms with Crippen molar-refractivity contribution in [2.75, 3.05) is 13.7 Å². The van der Waals surface area contributed by atoms with Crippen LogP contribution in [0, 0.1) is 13.8 Å². The molecule has 2 atom stereocenters. The van der Waals surface area contributed by atoms with Gasteiger partial charge in [-0.2, -0.15) is 0 Å². The number of benzene rings is 1. The number of ether oxygens (including phenoxy) is 1. The Kier molecular flexibility index (Phi) is 4.64. The molecule has 2 nitrogen and oxygen atoms in total. The highest BCUT2D eigenvalue weighted by Gasteiger charge is 2.35. The van der Waals surface area contributed by atoms with Crippen LogP contribution in [0.3, 0.4) is 0 Å². The minimum Gasteiger partial charge on any atom is -0.374 e. The number of hydrogen-bond acceptors (Lipinski definition) is 2.